The number of aliphatic hydroxyl groups is 1. The standard InChI is InChI=1S/C15H17NO4S/c1-16(13-5-3-2-4-6-13)21(18,19)15-9-7-14(8-10-15)20-12-11-17/h2-10,17H,11-12H2,1H3. The second kappa shape index (κ2) is 6.60. The molecule has 0 radical (unpaired) electrons. The minimum absolute atomic E-state index is 0.0865. The zero-order valence-electron chi connectivity index (χ0n) is 11.6. The van der Waals surface area contributed by atoms with E-state index in [0.717, 1.165) is 0 Å². The van der Waals surface area contributed by atoms with Crippen LogP contribution in [0.2, 0.25) is 0 Å². The first-order valence-corrected chi connectivity index (χ1v) is 7.87. The van der Waals surface area contributed by atoms with E-state index < -0.39 is 10.0 Å². The van der Waals surface area contributed by atoms with E-state index in [4.69, 9.17) is 9.84 Å². The number of anilines is 1. The van der Waals surface area contributed by atoms with E-state index in [1.54, 1.807) is 36.4 Å². The van der Waals surface area contributed by atoms with Gasteiger partial charge in [-0.05, 0) is 36.4 Å². The number of hydrogen-bond donors (Lipinski definition) is 1. The molecule has 0 bridgehead atoms. The van der Waals surface area contributed by atoms with E-state index in [-0.39, 0.29) is 18.1 Å². The van der Waals surface area contributed by atoms with Crippen molar-refractivity contribution in [3.05, 3.63) is 54.6 Å². The van der Waals surface area contributed by atoms with Gasteiger partial charge in [0, 0.05) is 7.05 Å². The molecule has 21 heavy (non-hydrogen) atoms. The Morgan fingerprint density at radius 1 is 1.05 bits per heavy atom. The summed E-state index contributed by atoms with van der Waals surface area (Å²) in [6.07, 6.45) is 0. The fourth-order valence-corrected chi connectivity index (χ4v) is 3.00. The Labute approximate surface area is 124 Å². The van der Waals surface area contributed by atoms with E-state index in [9.17, 15) is 8.42 Å². The van der Waals surface area contributed by atoms with Gasteiger partial charge in [-0.15, -0.1) is 0 Å². The normalized spacial score (nSPS) is 11.1. The minimum atomic E-state index is -3.60. The van der Waals surface area contributed by atoms with Gasteiger partial charge in [0.1, 0.15) is 12.4 Å². The van der Waals surface area contributed by atoms with Crippen molar-refractivity contribution in [2.45, 2.75) is 4.90 Å². The van der Waals surface area contributed by atoms with E-state index >= 15 is 0 Å². The second-order valence-electron chi connectivity index (χ2n) is 4.35. The monoisotopic (exact) mass is 307 g/mol. The fourth-order valence-electron chi connectivity index (χ4n) is 1.81. The number of ether oxygens (including phenoxy) is 1. The van der Waals surface area contributed by atoms with E-state index in [0.29, 0.717) is 11.4 Å². The minimum Gasteiger partial charge on any atom is -0.491 e. The molecule has 2 aromatic carbocycles. The summed E-state index contributed by atoms with van der Waals surface area (Å²) in [6, 6.07) is 15.0. The molecule has 6 heteroatoms. The van der Waals surface area contributed by atoms with E-state index in [1.165, 1.54) is 23.5 Å². The van der Waals surface area contributed by atoms with Crippen molar-refractivity contribution in [1.82, 2.24) is 0 Å². The third-order valence-electron chi connectivity index (χ3n) is 2.96. The van der Waals surface area contributed by atoms with Crippen molar-refractivity contribution < 1.29 is 18.3 Å². The van der Waals surface area contributed by atoms with Gasteiger partial charge < -0.3 is 9.84 Å². The number of nitrogens with zero attached hydrogens (tertiary/aromatic N) is 1. The molecule has 0 atom stereocenters. The number of hydrogen-bond acceptors (Lipinski definition) is 4. The first-order valence-electron chi connectivity index (χ1n) is 6.43. The van der Waals surface area contributed by atoms with Crippen LogP contribution in [0, 0.1) is 0 Å². The molecule has 0 spiro atoms. The summed E-state index contributed by atoms with van der Waals surface area (Å²) in [4.78, 5) is 0.185. The van der Waals surface area contributed by atoms with Crippen molar-refractivity contribution in [3.8, 4) is 5.75 Å². The Morgan fingerprint density at radius 2 is 1.67 bits per heavy atom. The van der Waals surface area contributed by atoms with Crippen LogP contribution in [0.4, 0.5) is 5.69 Å². The maximum absolute atomic E-state index is 12.5. The Bertz CT molecular complexity index is 669. The number of aliphatic hydroxyl groups excluding tert-OH is 1. The third-order valence-corrected chi connectivity index (χ3v) is 4.76. The summed E-state index contributed by atoms with van der Waals surface area (Å²) >= 11 is 0. The zero-order chi connectivity index (χ0) is 15.3. The van der Waals surface area contributed by atoms with Crippen LogP contribution in [0.25, 0.3) is 0 Å². The number of benzene rings is 2. The predicted octanol–water partition coefficient (Wildman–Crippen LogP) is 1.88. The summed E-state index contributed by atoms with van der Waals surface area (Å²) in [5.74, 6) is 0.519. The first kappa shape index (κ1) is 15.3. The summed E-state index contributed by atoms with van der Waals surface area (Å²) in [6.45, 7) is 0.0901. The summed E-state index contributed by atoms with van der Waals surface area (Å²) in [5, 5.41) is 8.68. The van der Waals surface area contributed by atoms with Crippen molar-refractivity contribution in [1.29, 1.82) is 0 Å². The predicted molar refractivity (Wildman–Crippen MR) is 81.1 cm³/mol. The lowest BCUT2D eigenvalue weighted by Crippen LogP contribution is -2.26. The number of rotatable bonds is 6. The SMILES string of the molecule is CN(c1ccccc1)S(=O)(=O)c1ccc(OCCO)cc1. The summed E-state index contributed by atoms with van der Waals surface area (Å²) < 4.78 is 31.4. The molecule has 0 saturated carbocycles. The van der Waals surface area contributed by atoms with Gasteiger partial charge in [0.2, 0.25) is 0 Å². The molecule has 0 saturated heterocycles. The molecular formula is C15H17NO4S. The maximum atomic E-state index is 12.5. The average molecular weight is 307 g/mol. The maximum Gasteiger partial charge on any atom is 0.264 e. The van der Waals surface area contributed by atoms with Crippen molar-refractivity contribution in [3.63, 3.8) is 0 Å². The number of para-hydroxylation sites is 1. The van der Waals surface area contributed by atoms with E-state index in [1.807, 2.05) is 6.07 Å². The highest BCUT2D eigenvalue weighted by Gasteiger charge is 2.20. The number of sulfonamides is 1. The Hall–Kier alpha value is -2.05. The molecule has 0 fully saturated rings. The lowest BCUT2D eigenvalue weighted by atomic mass is 10.3. The van der Waals surface area contributed by atoms with Crippen molar-refractivity contribution in [2.75, 3.05) is 24.6 Å². The molecule has 2 aromatic rings. The molecule has 2 rings (SSSR count). The highest BCUT2D eigenvalue weighted by atomic mass is 32.2. The van der Waals surface area contributed by atoms with Crippen molar-refractivity contribution in [2.24, 2.45) is 0 Å². The largest absolute Gasteiger partial charge is 0.491 e. The van der Waals surface area contributed by atoms with Crippen molar-refractivity contribution >= 4 is 15.7 Å². The molecule has 0 aromatic heterocycles. The van der Waals surface area contributed by atoms with Crippen LogP contribution in [0.15, 0.2) is 59.5 Å². The van der Waals surface area contributed by atoms with Gasteiger partial charge in [-0.2, -0.15) is 0 Å². The molecule has 0 aliphatic carbocycles. The van der Waals surface area contributed by atoms with Gasteiger partial charge in [0.05, 0.1) is 17.2 Å². The highest BCUT2D eigenvalue weighted by molar-refractivity contribution is 7.92. The summed E-state index contributed by atoms with van der Waals surface area (Å²) in [5.41, 5.74) is 0.595. The molecule has 0 aliphatic rings. The smallest absolute Gasteiger partial charge is 0.264 e. The van der Waals surface area contributed by atoms with Gasteiger partial charge in [0.25, 0.3) is 10.0 Å². The molecule has 1 N–H and O–H groups in total. The Kier molecular flexibility index (Phi) is 4.82. The van der Waals surface area contributed by atoms with Crippen LogP contribution in [0.3, 0.4) is 0 Å². The average Bonchev–Trinajstić information content (AvgIpc) is 2.53. The van der Waals surface area contributed by atoms with Gasteiger partial charge >= 0.3 is 0 Å². The fraction of sp³-hybridized carbons (Fsp3) is 0.200. The van der Waals surface area contributed by atoms with Gasteiger partial charge in [0.15, 0.2) is 0 Å². The molecule has 5 nitrogen and oxygen atoms in total. The first-order chi connectivity index (χ1) is 10.1. The van der Waals surface area contributed by atoms with Gasteiger partial charge in [-0.1, -0.05) is 18.2 Å². The highest BCUT2D eigenvalue weighted by Crippen LogP contribution is 2.23. The summed E-state index contributed by atoms with van der Waals surface area (Å²) in [7, 11) is -2.09. The lowest BCUT2D eigenvalue weighted by molar-refractivity contribution is 0.201. The van der Waals surface area contributed by atoms with Crippen LogP contribution < -0.4 is 9.04 Å². The topological polar surface area (TPSA) is 66.8 Å². The van der Waals surface area contributed by atoms with Gasteiger partial charge in [-0.3, -0.25) is 4.31 Å². The molecular weight excluding hydrogens is 290 g/mol. The van der Waals surface area contributed by atoms with Crippen LogP contribution in [-0.2, 0) is 10.0 Å². The quantitative estimate of drug-likeness (QED) is 0.885. The van der Waals surface area contributed by atoms with Crippen LogP contribution >= 0.6 is 0 Å². The van der Waals surface area contributed by atoms with Crippen LogP contribution in [0.5, 0.6) is 5.75 Å². The Morgan fingerprint density at radius 3 is 2.24 bits per heavy atom. The van der Waals surface area contributed by atoms with Gasteiger partial charge in [-0.25, -0.2) is 8.42 Å². The molecule has 112 valence electrons. The molecule has 0 amide bonds. The molecule has 0 aliphatic heterocycles. The second-order valence-corrected chi connectivity index (χ2v) is 6.32. The zero-order valence-corrected chi connectivity index (χ0v) is 12.5. The lowest BCUT2D eigenvalue weighted by Gasteiger charge is -2.19. The van der Waals surface area contributed by atoms with Crippen LogP contribution in [-0.4, -0.2) is 33.8 Å². The van der Waals surface area contributed by atoms with Crippen LogP contribution in [0.1, 0.15) is 0 Å². The third kappa shape index (κ3) is 3.53. The molecule has 0 unspecified atom stereocenters. The molecule has 0 heterocycles. The Balaban J connectivity index is 2.23. The van der Waals surface area contributed by atoms with E-state index in [2.05, 4.69) is 0 Å².